The van der Waals surface area contributed by atoms with E-state index < -0.39 is 0 Å². The van der Waals surface area contributed by atoms with Gasteiger partial charge >= 0.3 is 6.03 Å². The molecule has 1 aromatic heterocycles. The summed E-state index contributed by atoms with van der Waals surface area (Å²) in [7, 11) is 0. The molecule has 0 radical (unpaired) electrons. The van der Waals surface area contributed by atoms with Crippen molar-refractivity contribution in [3.8, 4) is 0 Å². The summed E-state index contributed by atoms with van der Waals surface area (Å²) in [6.45, 7) is 3.23. The second kappa shape index (κ2) is 6.78. The third kappa shape index (κ3) is 3.42. The van der Waals surface area contributed by atoms with Crippen LogP contribution in [0, 0.1) is 5.82 Å². The Morgan fingerprint density at radius 3 is 3.00 bits per heavy atom. The van der Waals surface area contributed by atoms with E-state index >= 15 is 0 Å². The number of carbonyl (C=O) groups excluding carboxylic acids is 1. The summed E-state index contributed by atoms with van der Waals surface area (Å²) in [5.41, 5.74) is -0.117. The average molecular weight is 348 g/mol. The maximum atomic E-state index is 13.9. The fraction of sp³-hybridized carbons (Fsp3) is 0.667. The average Bonchev–Trinajstić information content (AvgIpc) is 3.25. The molecular formula is C18H25FN4O2. The third-order valence-corrected chi connectivity index (χ3v) is 5.60. The van der Waals surface area contributed by atoms with Gasteiger partial charge in [0.25, 0.3) is 0 Å². The van der Waals surface area contributed by atoms with Crippen LogP contribution in [-0.4, -0.2) is 60.3 Å². The molecule has 0 aromatic carbocycles. The number of rotatable bonds is 2. The van der Waals surface area contributed by atoms with Crippen LogP contribution in [0.15, 0.2) is 18.3 Å². The van der Waals surface area contributed by atoms with Gasteiger partial charge in [0.2, 0.25) is 0 Å². The van der Waals surface area contributed by atoms with Gasteiger partial charge in [-0.1, -0.05) is 12.8 Å². The molecule has 3 heterocycles. The fourth-order valence-corrected chi connectivity index (χ4v) is 4.29. The van der Waals surface area contributed by atoms with Crippen LogP contribution in [0.1, 0.15) is 32.1 Å². The largest absolute Gasteiger partial charge is 0.371 e. The van der Waals surface area contributed by atoms with Crippen LogP contribution in [0.2, 0.25) is 0 Å². The molecule has 3 aliphatic rings. The van der Waals surface area contributed by atoms with E-state index in [2.05, 4.69) is 10.3 Å². The van der Waals surface area contributed by atoms with Crippen molar-refractivity contribution in [1.82, 2.24) is 15.2 Å². The van der Waals surface area contributed by atoms with Crippen molar-refractivity contribution in [3.05, 3.63) is 24.1 Å². The van der Waals surface area contributed by atoms with E-state index in [-0.39, 0.29) is 23.5 Å². The number of ether oxygens (including phenoxy) is 1. The number of aromatic nitrogens is 1. The molecule has 1 spiro atoms. The number of carbonyl (C=O) groups is 1. The van der Waals surface area contributed by atoms with E-state index in [1.165, 1.54) is 18.9 Å². The maximum Gasteiger partial charge on any atom is 0.317 e. The van der Waals surface area contributed by atoms with Gasteiger partial charge in [-0.25, -0.2) is 14.2 Å². The molecule has 1 saturated carbocycles. The number of anilines is 1. The second-order valence-corrected chi connectivity index (χ2v) is 7.35. The molecule has 1 unspecified atom stereocenters. The first-order valence-corrected chi connectivity index (χ1v) is 9.20. The molecule has 6 nitrogen and oxygen atoms in total. The lowest BCUT2D eigenvalue weighted by molar-refractivity contribution is -0.0926. The van der Waals surface area contributed by atoms with Gasteiger partial charge in [0, 0.05) is 31.9 Å². The highest BCUT2D eigenvalue weighted by atomic mass is 19.1. The molecular weight excluding hydrogens is 323 g/mol. The van der Waals surface area contributed by atoms with Gasteiger partial charge in [0.1, 0.15) is 0 Å². The van der Waals surface area contributed by atoms with Gasteiger partial charge in [-0.2, -0.15) is 0 Å². The van der Waals surface area contributed by atoms with Crippen molar-refractivity contribution in [2.24, 2.45) is 0 Å². The van der Waals surface area contributed by atoms with E-state index in [4.69, 9.17) is 4.74 Å². The number of halogens is 1. The Morgan fingerprint density at radius 1 is 1.36 bits per heavy atom. The van der Waals surface area contributed by atoms with E-state index in [9.17, 15) is 9.18 Å². The van der Waals surface area contributed by atoms with Crippen molar-refractivity contribution in [2.75, 3.05) is 37.7 Å². The predicted molar refractivity (Wildman–Crippen MR) is 92.1 cm³/mol. The first-order chi connectivity index (χ1) is 12.2. The number of hydrogen-bond donors (Lipinski definition) is 1. The number of pyridine rings is 1. The topological polar surface area (TPSA) is 57.7 Å². The predicted octanol–water partition coefficient (Wildman–Crippen LogP) is 2.15. The zero-order valence-corrected chi connectivity index (χ0v) is 14.4. The highest BCUT2D eigenvalue weighted by molar-refractivity contribution is 5.75. The molecule has 25 heavy (non-hydrogen) atoms. The molecule has 0 bridgehead atoms. The van der Waals surface area contributed by atoms with Crippen molar-refractivity contribution in [3.63, 3.8) is 0 Å². The summed E-state index contributed by atoms with van der Waals surface area (Å²) in [6, 6.07) is 3.01. The summed E-state index contributed by atoms with van der Waals surface area (Å²) in [6.07, 6.45) is 6.86. The van der Waals surface area contributed by atoms with E-state index in [1.807, 2.05) is 9.80 Å². The normalized spacial score (nSPS) is 25.6. The van der Waals surface area contributed by atoms with Crippen molar-refractivity contribution in [2.45, 2.75) is 43.7 Å². The molecule has 1 N–H and O–H groups in total. The van der Waals surface area contributed by atoms with E-state index in [0.717, 1.165) is 19.3 Å². The number of hydrogen-bond acceptors (Lipinski definition) is 4. The molecule has 2 amide bonds. The Balaban J connectivity index is 1.33. The van der Waals surface area contributed by atoms with Crippen LogP contribution in [0.3, 0.4) is 0 Å². The zero-order chi connectivity index (χ0) is 17.3. The minimum absolute atomic E-state index is 0.0243. The minimum atomic E-state index is -0.314. The Kier molecular flexibility index (Phi) is 4.50. The molecule has 7 heteroatoms. The summed E-state index contributed by atoms with van der Waals surface area (Å²) in [4.78, 5) is 20.6. The molecule has 3 fully saturated rings. The summed E-state index contributed by atoms with van der Waals surface area (Å²) in [5, 5.41) is 3.11. The number of amides is 2. The van der Waals surface area contributed by atoms with Gasteiger partial charge in [-0.15, -0.1) is 0 Å². The lowest BCUT2D eigenvalue weighted by atomic mass is 10.00. The van der Waals surface area contributed by atoms with Gasteiger partial charge in [0.15, 0.2) is 11.6 Å². The van der Waals surface area contributed by atoms with Crippen LogP contribution in [-0.2, 0) is 4.74 Å². The van der Waals surface area contributed by atoms with Crippen molar-refractivity contribution in [1.29, 1.82) is 0 Å². The van der Waals surface area contributed by atoms with Gasteiger partial charge in [-0.3, -0.25) is 0 Å². The maximum absolute atomic E-state index is 13.9. The van der Waals surface area contributed by atoms with Gasteiger partial charge < -0.3 is 19.9 Å². The van der Waals surface area contributed by atoms with Gasteiger partial charge in [-0.05, 0) is 31.4 Å². The van der Waals surface area contributed by atoms with Crippen LogP contribution in [0.4, 0.5) is 15.0 Å². The molecule has 2 saturated heterocycles. The highest BCUT2D eigenvalue weighted by Crippen LogP contribution is 2.35. The molecule has 4 rings (SSSR count). The summed E-state index contributed by atoms with van der Waals surface area (Å²) in [5.74, 6) is 0.0568. The quantitative estimate of drug-likeness (QED) is 0.890. The molecule has 1 atom stereocenters. The molecule has 2 aliphatic heterocycles. The second-order valence-electron chi connectivity index (χ2n) is 7.35. The molecule has 136 valence electrons. The minimum Gasteiger partial charge on any atom is -0.371 e. The van der Waals surface area contributed by atoms with Crippen molar-refractivity contribution < 1.29 is 13.9 Å². The number of nitrogens with zero attached hydrogens (tertiary/aromatic N) is 3. The van der Waals surface area contributed by atoms with Crippen molar-refractivity contribution >= 4 is 11.8 Å². The summed E-state index contributed by atoms with van der Waals surface area (Å²) < 4.78 is 19.9. The summed E-state index contributed by atoms with van der Waals surface area (Å²) >= 11 is 0. The smallest absolute Gasteiger partial charge is 0.317 e. The van der Waals surface area contributed by atoms with E-state index in [1.54, 1.807) is 12.3 Å². The number of urea groups is 1. The monoisotopic (exact) mass is 348 g/mol. The van der Waals surface area contributed by atoms with Crippen LogP contribution < -0.4 is 10.2 Å². The Bertz CT molecular complexity index is 635. The first kappa shape index (κ1) is 16.6. The number of nitrogens with one attached hydrogen (secondary N) is 1. The molecule has 1 aliphatic carbocycles. The SMILES string of the molecule is O=C(NC1CCN(c2ncccc2F)C1)N1CCOC2(CCCC2)C1. The Hall–Kier alpha value is -1.89. The number of morpholine rings is 1. The lowest BCUT2D eigenvalue weighted by Gasteiger charge is -2.40. The Morgan fingerprint density at radius 2 is 2.20 bits per heavy atom. The van der Waals surface area contributed by atoms with Crippen LogP contribution in [0.5, 0.6) is 0 Å². The zero-order valence-electron chi connectivity index (χ0n) is 14.4. The standard InChI is InChI=1S/C18H25FN4O2/c19-15-4-3-8-20-16(15)22-9-5-14(12-22)21-17(24)23-10-11-25-18(13-23)6-1-2-7-18/h3-4,8,14H,1-2,5-7,9-13H2,(H,21,24). The van der Waals surface area contributed by atoms with Crippen LogP contribution in [0.25, 0.3) is 0 Å². The first-order valence-electron chi connectivity index (χ1n) is 9.20. The fourth-order valence-electron chi connectivity index (χ4n) is 4.29. The highest BCUT2D eigenvalue weighted by Gasteiger charge is 2.41. The van der Waals surface area contributed by atoms with Gasteiger partial charge in [0.05, 0.1) is 18.8 Å². The third-order valence-electron chi connectivity index (χ3n) is 5.60. The van der Waals surface area contributed by atoms with Crippen LogP contribution >= 0.6 is 0 Å². The molecule has 1 aromatic rings. The lowest BCUT2D eigenvalue weighted by Crippen LogP contribution is -2.56. The Labute approximate surface area is 147 Å². The van der Waals surface area contributed by atoms with E-state index in [0.29, 0.717) is 38.6 Å².